The van der Waals surface area contributed by atoms with Gasteiger partial charge in [-0.15, -0.1) is 0 Å². The van der Waals surface area contributed by atoms with Crippen molar-refractivity contribution in [2.24, 2.45) is 5.10 Å². The maximum atomic E-state index is 13.6. The number of carboxylic acid groups (broad SMARTS) is 1. The van der Waals surface area contributed by atoms with Crippen LogP contribution >= 0.6 is 0 Å². The number of aromatic carboxylic acids is 1. The van der Waals surface area contributed by atoms with Crippen LogP contribution in [0.5, 0.6) is 11.5 Å². The summed E-state index contributed by atoms with van der Waals surface area (Å²) in [5, 5.41) is 26.8. The second-order valence-corrected chi connectivity index (χ2v) is 9.81. The van der Waals surface area contributed by atoms with Crippen LogP contribution in [0.3, 0.4) is 0 Å². The molecular formula is C33H24N4O8. The van der Waals surface area contributed by atoms with E-state index in [0.717, 1.165) is 10.1 Å². The van der Waals surface area contributed by atoms with Gasteiger partial charge in [-0.3, -0.25) is 14.9 Å². The normalized spacial score (nSPS) is 11.3. The van der Waals surface area contributed by atoms with Gasteiger partial charge in [-0.1, -0.05) is 42.5 Å². The lowest BCUT2D eigenvalue weighted by atomic mass is 10.1. The van der Waals surface area contributed by atoms with E-state index in [2.05, 4.69) is 10.1 Å². The topological polar surface area (TPSA) is 159 Å². The van der Waals surface area contributed by atoms with Gasteiger partial charge in [-0.05, 0) is 55.0 Å². The Balaban J connectivity index is 1.41. The van der Waals surface area contributed by atoms with Crippen LogP contribution in [-0.4, -0.2) is 38.5 Å². The summed E-state index contributed by atoms with van der Waals surface area (Å²) in [6.07, 6.45) is 1.30. The highest BCUT2D eigenvalue weighted by Gasteiger charge is 2.23. The highest BCUT2D eigenvalue weighted by molar-refractivity contribution is 5.88. The number of benzene rings is 4. The molecule has 0 unspecified atom stereocenters. The SMILES string of the molecule is CCOc1cc(C=Nn2c(-c3cc4ccccc4o3)nc3ccccc3c2=O)cc([N+](=O)[O-])c1OCc1ccc(C(=O)O)cc1. The third-order valence-corrected chi connectivity index (χ3v) is 6.86. The van der Waals surface area contributed by atoms with E-state index in [-0.39, 0.29) is 47.4 Å². The number of nitrogens with zero attached hydrogens (tertiary/aromatic N) is 4. The van der Waals surface area contributed by atoms with Crippen molar-refractivity contribution in [3.8, 4) is 23.1 Å². The Morgan fingerprint density at radius 3 is 2.53 bits per heavy atom. The van der Waals surface area contributed by atoms with Gasteiger partial charge >= 0.3 is 11.7 Å². The summed E-state index contributed by atoms with van der Waals surface area (Å²) in [6.45, 7) is 1.83. The maximum absolute atomic E-state index is 13.6. The zero-order chi connectivity index (χ0) is 31.5. The Morgan fingerprint density at radius 2 is 1.80 bits per heavy atom. The van der Waals surface area contributed by atoms with E-state index in [1.165, 1.54) is 30.5 Å². The van der Waals surface area contributed by atoms with E-state index in [0.29, 0.717) is 27.8 Å². The van der Waals surface area contributed by atoms with Gasteiger partial charge in [0.05, 0.1) is 34.2 Å². The molecule has 12 nitrogen and oxygen atoms in total. The molecule has 4 aromatic carbocycles. The number of furan rings is 1. The Labute approximate surface area is 254 Å². The minimum Gasteiger partial charge on any atom is -0.490 e. The van der Waals surface area contributed by atoms with E-state index >= 15 is 0 Å². The van der Waals surface area contributed by atoms with Crippen LogP contribution in [0, 0.1) is 10.1 Å². The van der Waals surface area contributed by atoms with E-state index in [1.54, 1.807) is 55.5 Å². The highest BCUT2D eigenvalue weighted by atomic mass is 16.6. The quantitative estimate of drug-likeness (QED) is 0.108. The number of carboxylic acids is 1. The molecule has 1 N–H and O–H groups in total. The lowest BCUT2D eigenvalue weighted by Gasteiger charge is -2.13. The van der Waals surface area contributed by atoms with Crippen molar-refractivity contribution in [2.75, 3.05) is 6.61 Å². The van der Waals surface area contributed by atoms with Crippen molar-refractivity contribution in [1.29, 1.82) is 0 Å². The van der Waals surface area contributed by atoms with Gasteiger partial charge in [0, 0.05) is 17.0 Å². The van der Waals surface area contributed by atoms with Crippen molar-refractivity contribution in [3.05, 3.63) is 128 Å². The van der Waals surface area contributed by atoms with Gasteiger partial charge in [-0.25, -0.2) is 9.78 Å². The van der Waals surface area contributed by atoms with Crippen molar-refractivity contribution in [2.45, 2.75) is 13.5 Å². The number of carbonyl (C=O) groups is 1. The molecule has 0 amide bonds. The molecule has 2 heterocycles. The van der Waals surface area contributed by atoms with E-state index in [9.17, 15) is 19.7 Å². The minimum absolute atomic E-state index is 0.0761. The van der Waals surface area contributed by atoms with Crippen molar-refractivity contribution < 1.29 is 28.7 Å². The predicted octanol–water partition coefficient (Wildman–Crippen LogP) is 6.28. The summed E-state index contributed by atoms with van der Waals surface area (Å²) >= 11 is 0. The first-order chi connectivity index (χ1) is 21.8. The molecule has 45 heavy (non-hydrogen) atoms. The number of rotatable bonds is 10. The lowest BCUT2D eigenvalue weighted by Crippen LogP contribution is -2.20. The highest BCUT2D eigenvalue weighted by Crippen LogP contribution is 2.39. The van der Waals surface area contributed by atoms with E-state index < -0.39 is 16.5 Å². The maximum Gasteiger partial charge on any atom is 0.335 e. The Kier molecular flexibility index (Phi) is 7.76. The van der Waals surface area contributed by atoms with Gasteiger partial charge in [0.25, 0.3) is 5.56 Å². The molecule has 0 spiro atoms. The van der Waals surface area contributed by atoms with Crippen molar-refractivity contribution >= 4 is 39.7 Å². The third-order valence-electron chi connectivity index (χ3n) is 6.86. The summed E-state index contributed by atoms with van der Waals surface area (Å²) in [7, 11) is 0. The second kappa shape index (κ2) is 12.1. The average molecular weight is 605 g/mol. The van der Waals surface area contributed by atoms with Crippen LogP contribution in [0.25, 0.3) is 33.5 Å². The summed E-state index contributed by atoms with van der Waals surface area (Å²) in [5.74, 6) is -0.608. The smallest absolute Gasteiger partial charge is 0.335 e. The van der Waals surface area contributed by atoms with Crippen molar-refractivity contribution in [3.63, 3.8) is 0 Å². The average Bonchev–Trinajstić information content (AvgIpc) is 3.48. The van der Waals surface area contributed by atoms with Crippen LogP contribution in [0.1, 0.15) is 28.4 Å². The van der Waals surface area contributed by atoms with Crippen LogP contribution in [-0.2, 0) is 6.61 Å². The number of nitro groups is 1. The largest absolute Gasteiger partial charge is 0.490 e. The number of aromatic nitrogens is 2. The molecule has 6 aromatic rings. The lowest BCUT2D eigenvalue weighted by molar-refractivity contribution is -0.386. The number of hydrogen-bond donors (Lipinski definition) is 1. The predicted molar refractivity (Wildman–Crippen MR) is 166 cm³/mol. The Bertz CT molecular complexity index is 2130. The first-order valence-electron chi connectivity index (χ1n) is 13.8. The van der Waals surface area contributed by atoms with Crippen LogP contribution in [0.2, 0.25) is 0 Å². The number of nitro benzene ring substituents is 1. The van der Waals surface area contributed by atoms with Crippen molar-refractivity contribution in [1.82, 2.24) is 9.66 Å². The fraction of sp³-hybridized carbons (Fsp3) is 0.0909. The molecule has 0 bridgehead atoms. The molecule has 0 aliphatic rings. The molecule has 12 heteroatoms. The number of hydrogen-bond acceptors (Lipinski definition) is 9. The van der Waals surface area contributed by atoms with E-state index in [4.69, 9.17) is 19.0 Å². The molecular weight excluding hydrogens is 580 g/mol. The fourth-order valence-electron chi connectivity index (χ4n) is 4.73. The van der Waals surface area contributed by atoms with Gasteiger partial charge in [-0.2, -0.15) is 9.78 Å². The van der Waals surface area contributed by atoms with Crippen LogP contribution < -0.4 is 15.0 Å². The third kappa shape index (κ3) is 5.84. The second-order valence-electron chi connectivity index (χ2n) is 9.81. The summed E-state index contributed by atoms with van der Waals surface area (Å²) < 4.78 is 18.6. The Hall–Kier alpha value is -6.30. The molecule has 0 fully saturated rings. The Morgan fingerprint density at radius 1 is 1.04 bits per heavy atom. The number of para-hydroxylation sites is 2. The minimum atomic E-state index is -1.07. The molecule has 0 radical (unpaired) electrons. The van der Waals surface area contributed by atoms with Gasteiger partial charge in [0.2, 0.25) is 11.6 Å². The fourth-order valence-corrected chi connectivity index (χ4v) is 4.73. The first-order valence-corrected chi connectivity index (χ1v) is 13.8. The summed E-state index contributed by atoms with van der Waals surface area (Å²) in [6, 6.07) is 24.7. The van der Waals surface area contributed by atoms with Crippen LogP contribution in [0.4, 0.5) is 5.69 Å². The first kappa shape index (κ1) is 28.8. The monoisotopic (exact) mass is 604 g/mol. The summed E-state index contributed by atoms with van der Waals surface area (Å²) in [4.78, 5) is 41.0. The number of fused-ring (bicyclic) bond motifs is 2. The number of ether oxygens (including phenoxy) is 2. The zero-order valence-electron chi connectivity index (χ0n) is 23.7. The molecule has 0 saturated heterocycles. The molecule has 0 aliphatic heterocycles. The molecule has 224 valence electrons. The van der Waals surface area contributed by atoms with Crippen LogP contribution in [0.15, 0.2) is 105 Å². The zero-order valence-corrected chi connectivity index (χ0v) is 23.7. The molecule has 6 rings (SSSR count). The molecule has 0 aliphatic carbocycles. The van der Waals surface area contributed by atoms with E-state index in [1.807, 2.05) is 18.2 Å². The standard InChI is InChI=1S/C33H24N4O8/c1-2-43-28-16-21(15-26(37(41)42)30(28)44-19-20-11-13-22(14-12-20)33(39)40)18-34-36-31(29-17-23-7-3-6-10-27(23)45-29)35-25-9-5-4-8-24(25)32(36)38/h3-18H,2,19H2,1H3,(H,39,40). The molecule has 0 atom stereocenters. The molecule has 2 aromatic heterocycles. The van der Waals surface area contributed by atoms with Gasteiger partial charge in [0.15, 0.2) is 11.5 Å². The summed E-state index contributed by atoms with van der Waals surface area (Å²) in [5.41, 5.74) is 1.19. The molecule has 0 saturated carbocycles. The van der Waals surface area contributed by atoms with Gasteiger partial charge in [0.1, 0.15) is 12.2 Å². The van der Waals surface area contributed by atoms with Gasteiger partial charge < -0.3 is 19.0 Å².